The lowest BCUT2D eigenvalue weighted by Gasteiger charge is -2.29. The smallest absolute Gasteiger partial charge is 0.186 e. The molecule has 0 amide bonds. The first kappa shape index (κ1) is 26.1. The highest BCUT2D eigenvalue weighted by Crippen LogP contribution is 2.49. The molecule has 40 heavy (non-hydrogen) atoms. The second kappa shape index (κ2) is 10.1. The predicted octanol–water partition coefficient (Wildman–Crippen LogP) is 7.45. The zero-order valence-electron chi connectivity index (χ0n) is 23.3. The zero-order chi connectivity index (χ0) is 28.0. The maximum absolute atomic E-state index is 13.5. The fourth-order valence-electron chi connectivity index (χ4n) is 5.86. The molecule has 0 saturated carbocycles. The van der Waals surface area contributed by atoms with Crippen molar-refractivity contribution >= 4 is 27.9 Å². The van der Waals surface area contributed by atoms with Gasteiger partial charge in [0.15, 0.2) is 10.9 Å². The van der Waals surface area contributed by atoms with Crippen molar-refractivity contribution in [3.8, 4) is 0 Å². The number of Topliss-reactive ketones (excluding diaryl/α,β-unsaturated/α-hetero) is 1. The Kier molecular flexibility index (Phi) is 6.59. The number of anilines is 2. The zero-order valence-corrected chi connectivity index (χ0v) is 24.1. The summed E-state index contributed by atoms with van der Waals surface area (Å²) >= 11 is 1.50. The summed E-state index contributed by atoms with van der Waals surface area (Å²) in [6.45, 7) is 7.64. The molecule has 1 atom stereocenters. The molecule has 1 aromatic heterocycles. The van der Waals surface area contributed by atoms with Gasteiger partial charge in [0.05, 0.1) is 11.3 Å². The number of hydrogen-bond acceptors (Lipinski definition) is 6. The summed E-state index contributed by atoms with van der Waals surface area (Å²) < 4.78 is 0. The van der Waals surface area contributed by atoms with Crippen LogP contribution in [0.25, 0.3) is 0 Å². The average molecular weight is 548 g/mol. The Morgan fingerprint density at radius 3 is 2.10 bits per heavy atom. The number of para-hydroxylation sites is 1. The molecular formula is C34H33N3O2S. The largest absolute Gasteiger partial charge is 0.510 e. The van der Waals surface area contributed by atoms with Crippen LogP contribution in [-0.4, -0.2) is 22.9 Å². The molecule has 2 aliphatic rings. The van der Waals surface area contributed by atoms with E-state index in [0.717, 1.165) is 27.1 Å². The molecule has 2 heterocycles. The molecule has 1 aliphatic heterocycles. The molecule has 6 heteroatoms. The van der Waals surface area contributed by atoms with Crippen molar-refractivity contribution < 1.29 is 9.90 Å². The number of carbonyl (C=O) groups is 1. The fourth-order valence-corrected chi connectivity index (χ4v) is 7.03. The third-order valence-corrected chi connectivity index (χ3v) is 9.37. The minimum atomic E-state index is -0.661. The van der Waals surface area contributed by atoms with Gasteiger partial charge in [0.25, 0.3) is 0 Å². The number of fused-ring (bicyclic) bond motifs is 1. The van der Waals surface area contributed by atoms with E-state index in [2.05, 4.69) is 60.0 Å². The lowest BCUT2D eigenvalue weighted by Crippen LogP contribution is -2.31. The van der Waals surface area contributed by atoms with Gasteiger partial charge in [-0.2, -0.15) is 0 Å². The van der Waals surface area contributed by atoms with Gasteiger partial charge in [-0.05, 0) is 35.8 Å². The molecular weight excluding hydrogens is 514 g/mol. The third-order valence-electron chi connectivity index (χ3n) is 8.08. The second-order valence-corrected chi connectivity index (χ2v) is 12.1. The summed E-state index contributed by atoms with van der Waals surface area (Å²) in [5.41, 5.74) is 6.63. The summed E-state index contributed by atoms with van der Waals surface area (Å²) in [4.78, 5) is 23.6. The van der Waals surface area contributed by atoms with Gasteiger partial charge in [0.1, 0.15) is 11.7 Å². The molecule has 3 aromatic carbocycles. The van der Waals surface area contributed by atoms with Gasteiger partial charge < -0.3 is 14.9 Å². The van der Waals surface area contributed by atoms with E-state index < -0.39 is 5.92 Å². The van der Waals surface area contributed by atoms with Crippen LogP contribution in [-0.2, 0) is 23.3 Å². The lowest BCUT2D eigenvalue weighted by atomic mass is 9.77. The second-order valence-electron chi connectivity index (χ2n) is 11.1. The monoisotopic (exact) mass is 547 g/mol. The number of rotatable bonds is 7. The lowest BCUT2D eigenvalue weighted by molar-refractivity contribution is -0.118. The van der Waals surface area contributed by atoms with Crippen molar-refractivity contribution in [2.75, 3.05) is 16.8 Å². The molecule has 5 nitrogen and oxygen atoms in total. The van der Waals surface area contributed by atoms with Gasteiger partial charge in [0, 0.05) is 41.8 Å². The number of aromatic nitrogens is 1. The highest BCUT2D eigenvalue weighted by molar-refractivity contribution is 7.16. The van der Waals surface area contributed by atoms with Crippen molar-refractivity contribution in [3.05, 3.63) is 135 Å². The van der Waals surface area contributed by atoms with E-state index in [1.54, 1.807) is 0 Å². The van der Waals surface area contributed by atoms with Crippen molar-refractivity contribution in [2.24, 2.45) is 0 Å². The van der Waals surface area contributed by atoms with Crippen LogP contribution in [0.4, 0.5) is 10.8 Å². The Morgan fingerprint density at radius 1 is 0.950 bits per heavy atom. The molecule has 0 bridgehead atoms. The first-order chi connectivity index (χ1) is 19.3. The van der Waals surface area contributed by atoms with Crippen LogP contribution in [0.5, 0.6) is 0 Å². The number of aliphatic hydroxyl groups excluding tert-OH is 1. The van der Waals surface area contributed by atoms with E-state index in [1.165, 1.54) is 28.0 Å². The standard InChI is InChI=1S/C34H33N3O2S/c1-22-32(40-33(35-22)37(20-23-13-7-5-8-14-23)21-24-15-9-6-10-16-24)29-30(38)25(31(29)39)19-28-34(2,3)26-17-11-12-18-27(26)36(28)4/h5-19,29,38H,20-21H2,1-4H3/b28-19-. The number of benzene rings is 3. The normalized spacial score (nSPS) is 18.7. The molecule has 4 aromatic rings. The Labute approximate surface area is 239 Å². The van der Waals surface area contributed by atoms with Gasteiger partial charge in [-0.15, -0.1) is 11.3 Å². The first-order valence-corrected chi connectivity index (χ1v) is 14.4. The van der Waals surface area contributed by atoms with E-state index in [0.29, 0.717) is 18.7 Å². The van der Waals surface area contributed by atoms with Gasteiger partial charge >= 0.3 is 0 Å². The van der Waals surface area contributed by atoms with Crippen molar-refractivity contribution in [1.82, 2.24) is 4.98 Å². The number of allylic oxidation sites excluding steroid dienone is 4. The van der Waals surface area contributed by atoms with E-state index >= 15 is 0 Å². The highest BCUT2D eigenvalue weighted by Gasteiger charge is 2.45. The number of nitrogens with zero attached hydrogens (tertiary/aromatic N) is 3. The maximum atomic E-state index is 13.5. The number of carbonyl (C=O) groups excluding carboxylic acids is 1. The Bertz CT molecular complexity index is 1590. The SMILES string of the molecule is Cc1nc(N(Cc2ccccc2)Cc2ccccc2)sc1C1C(=O)C(/C=C2\N(C)c3ccccc3C2(C)C)=C1O. The van der Waals surface area contributed by atoms with Crippen LogP contribution in [0.3, 0.4) is 0 Å². The molecule has 1 N–H and O–H groups in total. The van der Waals surface area contributed by atoms with E-state index in [4.69, 9.17) is 4.98 Å². The number of aryl methyl sites for hydroxylation is 1. The Hall–Kier alpha value is -4.16. The quantitative estimate of drug-likeness (QED) is 0.260. The van der Waals surface area contributed by atoms with Crippen molar-refractivity contribution in [1.29, 1.82) is 0 Å². The molecule has 6 rings (SSSR count). The van der Waals surface area contributed by atoms with Crippen LogP contribution < -0.4 is 9.80 Å². The van der Waals surface area contributed by atoms with Gasteiger partial charge in [-0.1, -0.05) is 92.7 Å². The molecule has 0 spiro atoms. The number of thiazole rings is 1. The average Bonchev–Trinajstić information content (AvgIpc) is 3.42. The number of hydrogen-bond donors (Lipinski definition) is 1. The van der Waals surface area contributed by atoms with Crippen LogP contribution in [0.15, 0.2) is 108 Å². The molecule has 0 saturated heterocycles. The van der Waals surface area contributed by atoms with Gasteiger partial charge in [0.2, 0.25) is 0 Å². The van der Waals surface area contributed by atoms with E-state index in [-0.39, 0.29) is 17.0 Å². The van der Waals surface area contributed by atoms with E-state index in [9.17, 15) is 9.90 Å². The van der Waals surface area contributed by atoms with E-state index in [1.807, 2.05) is 68.6 Å². The summed E-state index contributed by atoms with van der Waals surface area (Å²) in [6, 6.07) is 29.0. The van der Waals surface area contributed by atoms with Crippen molar-refractivity contribution in [3.63, 3.8) is 0 Å². The highest BCUT2D eigenvalue weighted by atomic mass is 32.1. The number of ketones is 1. The molecule has 0 fully saturated rings. The maximum Gasteiger partial charge on any atom is 0.186 e. The van der Waals surface area contributed by atoms with Crippen LogP contribution in [0.1, 0.15) is 47.0 Å². The minimum Gasteiger partial charge on any atom is -0.510 e. The fraction of sp³-hybridized carbons (Fsp3) is 0.235. The van der Waals surface area contributed by atoms with Gasteiger partial charge in [-0.25, -0.2) is 4.98 Å². The van der Waals surface area contributed by atoms with Gasteiger partial charge in [-0.3, -0.25) is 4.79 Å². The first-order valence-electron chi connectivity index (χ1n) is 13.6. The van der Waals surface area contributed by atoms with Crippen LogP contribution in [0.2, 0.25) is 0 Å². The molecule has 1 unspecified atom stereocenters. The summed E-state index contributed by atoms with van der Waals surface area (Å²) in [5, 5.41) is 12.1. The van der Waals surface area contributed by atoms with Crippen molar-refractivity contribution in [2.45, 2.75) is 45.2 Å². The summed E-state index contributed by atoms with van der Waals surface area (Å²) in [7, 11) is 2.02. The molecule has 202 valence electrons. The molecule has 1 aliphatic carbocycles. The number of likely N-dealkylation sites (N-methyl/N-ethyl adjacent to an activating group) is 1. The number of aliphatic hydroxyl groups is 1. The Morgan fingerprint density at radius 2 is 1.52 bits per heavy atom. The summed E-state index contributed by atoms with van der Waals surface area (Å²) in [6.07, 6.45) is 1.88. The molecule has 0 radical (unpaired) electrons. The van der Waals surface area contributed by atoms with Crippen LogP contribution in [0, 0.1) is 6.92 Å². The Balaban J connectivity index is 1.31. The predicted molar refractivity (Wildman–Crippen MR) is 163 cm³/mol. The minimum absolute atomic E-state index is 0.0545. The van der Waals surface area contributed by atoms with Crippen LogP contribution >= 0.6 is 11.3 Å². The third kappa shape index (κ3) is 4.42. The summed E-state index contributed by atoms with van der Waals surface area (Å²) in [5.74, 6) is -0.583. The topological polar surface area (TPSA) is 56.7 Å².